The number of anilines is 1. The van der Waals surface area contributed by atoms with Crippen molar-refractivity contribution in [2.75, 3.05) is 5.32 Å². The summed E-state index contributed by atoms with van der Waals surface area (Å²) in [5, 5.41) is 7.22. The second kappa shape index (κ2) is 7.12. The third-order valence-corrected chi connectivity index (χ3v) is 3.84. The topological polar surface area (TPSA) is 98.5 Å². The van der Waals surface area contributed by atoms with Crippen LogP contribution in [0.3, 0.4) is 0 Å². The molecule has 8 nitrogen and oxygen atoms in total. The van der Waals surface area contributed by atoms with Gasteiger partial charge in [0.05, 0.1) is 17.6 Å². The van der Waals surface area contributed by atoms with Gasteiger partial charge in [0, 0.05) is 43.6 Å². The van der Waals surface area contributed by atoms with Gasteiger partial charge in [-0.25, -0.2) is 4.98 Å². The van der Waals surface area contributed by atoms with Crippen LogP contribution in [0.1, 0.15) is 10.5 Å². The number of carbonyl (C=O) groups excluding carboxylic acids is 1. The van der Waals surface area contributed by atoms with E-state index in [-0.39, 0.29) is 5.91 Å². The van der Waals surface area contributed by atoms with Crippen LogP contribution >= 0.6 is 0 Å². The van der Waals surface area contributed by atoms with Crippen molar-refractivity contribution in [3.8, 4) is 22.6 Å². The molecule has 0 bridgehead atoms. The maximum absolute atomic E-state index is 12.7. The molecule has 0 atom stereocenters. The molecule has 0 radical (unpaired) electrons. The van der Waals surface area contributed by atoms with E-state index in [1.54, 1.807) is 61.0 Å². The fraction of sp³-hybridized carbons (Fsp3) is 0.0526. The first-order chi connectivity index (χ1) is 13.2. The Hall–Kier alpha value is -3.94. The zero-order valence-corrected chi connectivity index (χ0v) is 14.4. The van der Waals surface area contributed by atoms with Crippen molar-refractivity contribution in [3.63, 3.8) is 0 Å². The minimum atomic E-state index is -0.330. The van der Waals surface area contributed by atoms with E-state index in [1.165, 1.54) is 0 Å². The molecule has 0 spiro atoms. The fourth-order valence-electron chi connectivity index (χ4n) is 2.62. The first kappa shape index (κ1) is 16.5. The van der Waals surface area contributed by atoms with Crippen molar-refractivity contribution in [2.45, 2.75) is 0 Å². The molecule has 0 saturated heterocycles. The van der Waals surface area contributed by atoms with Crippen LogP contribution in [0.4, 0.5) is 5.69 Å². The van der Waals surface area contributed by atoms with Crippen molar-refractivity contribution in [3.05, 3.63) is 73.2 Å². The number of nitrogens with one attached hydrogen (secondary N) is 1. The zero-order chi connectivity index (χ0) is 18.6. The lowest BCUT2D eigenvalue weighted by Crippen LogP contribution is -2.14. The van der Waals surface area contributed by atoms with Crippen LogP contribution in [0.5, 0.6) is 0 Å². The maximum Gasteiger partial charge on any atom is 0.274 e. The molecule has 4 aromatic heterocycles. The second-order valence-electron chi connectivity index (χ2n) is 5.75. The number of pyridine rings is 2. The largest absolute Gasteiger partial charge is 0.317 e. The van der Waals surface area contributed by atoms with Crippen molar-refractivity contribution in [2.24, 2.45) is 7.05 Å². The van der Waals surface area contributed by atoms with E-state index < -0.39 is 0 Å². The van der Waals surface area contributed by atoms with E-state index in [4.69, 9.17) is 0 Å². The first-order valence-corrected chi connectivity index (χ1v) is 8.19. The summed E-state index contributed by atoms with van der Waals surface area (Å²) in [5.41, 5.74) is 3.56. The van der Waals surface area contributed by atoms with Crippen LogP contribution in [0.25, 0.3) is 22.6 Å². The molecule has 0 aliphatic heterocycles. The van der Waals surface area contributed by atoms with Gasteiger partial charge in [0.25, 0.3) is 5.91 Å². The summed E-state index contributed by atoms with van der Waals surface area (Å²) in [6.45, 7) is 0. The zero-order valence-electron chi connectivity index (χ0n) is 14.4. The highest BCUT2D eigenvalue weighted by atomic mass is 16.1. The van der Waals surface area contributed by atoms with Gasteiger partial charge in [-0.05, 0) is 24.3 Å². The number of rotatable bonds is 4. The van der Waals surface area contributed by atoms with Crippen LogP contribution in [-0.4, -0.2) is 35.6 Å². The molecule has 0 unspecified atom stereocenters. The normalized spacial score (nSPS) is 10.6. The Morgan fingerprint density at radius 3 is 2.63 bits per heavy atom. The number of hydrogen-bond acceptors (Lipinski definition) is 6. The molecular weight excluding hydrogens is 342 g/mol. The van der Waals surface area contributed by atoms with E-state index in [1.807, 2.05) is 18.2 Å². The van der Waals surface area contributed by atoms with Crippen LogP contribution < -0.4 is 5.32 Å². The van der Waals surface area contributed by atoms with Gasteiger partial charge in [-0.3, -0.25) is 24.4 Å². The molecule has 0 saturated carbocycles. The minimum absolute atomic E-state index is 0.304. The van der Waals surface area contributed by atoms with E-state index in [9.17, 15) is 4.79 Å². The Balaban J connectivity index is 1.63. The molecule has 1 N–H and O–H groups in total. The third kappa shape index (κ3) is 3.54. The summed E-state index contributed by atoms with van der Waals surface area (Å²) >= 11 is 0. The predicted molar refractivity (Wildman–Crippen MR) is 99.7 cm³/mol. The van der Waals surface area contributed by atoms with Crippen LogP contribution in [0.15, 0.2) is 67.5 Å². The number of nitrogens with zero attached hydrogens (tertiary/aromatic N) is 6. The van der Waals surface area contributed by atoms with Crippen molar-refractivity contribution < 1.29 is 4.79 Å². The Labute approximate surface area is 155 Å². The highest BCUT2D eigenvalue weighted by molar-refractivity contribution is 6.04. The number of aromatic nitrogens is 6. The number of aryl methyl sites for hydroxylation is 1. The van der Waals surface area contributed by atoms with Gasteiger partial charge >= 0.3 is 0 Å². The van der Waals surface area contributed by atoms with E-state index in [2.05, 4.69) is 30.4 Å². The third-order valence-electron chi connectivity index (χ3n) is 3.84. The number of carbonyl (C=O) groups is 1. The van der Waals surface area contributed by atoms with Crippen molar-refractivity contribution >= 4 is 11.6 Å². The van der Waals surface area contributed by atoms with Crippen LogP contribution in [0, 0.1) is 0 Å². The lowest BCUT2D eigenvalue weighted by molar-refractivity contribution is 0.102. The monoisotopic (exact) mass is 357 g/mol. The quantitative estimate of drug-likeness (QED) is 0.603. The van der Waals surface area contributed by atoms with Gasteiger partial charge in [0.1, 0.15) is 17.1 Å². The maximum atomic E-state index is 12.7. The molecule has 4 heterocycles. The first-order valence-electron chi connectivity index (χ1n) is 8.19. The van der Waals surface area contributed by atoms with Gasteiger partial charge in [-0.1, -0.05) is 6.07 Å². The van der Waals surface area contributed by atoms with Gasteiger partial charge < -0.3 is 5.32 Å². The van der Waals surface area contributed by atoms with Crippen molar-refractivity contribution in [1.29, 1.82) is 0 Å². The van der Waals surface area contributed by atoms with Crippen LogP contribution in [-0.2, 0) is 7.05 Å². The summed E-state index contributed by atoms with van der Waals surface area (Å²) in [5.74, 6) is -0.330. The Kier molecular flexibility index (Phi) is 4.36. The molecule has 0 aromatic carbocycles. The molecule has 0 fully saturated rings. The Morgan fingerprint density at radius 1 is 1.00 bits per heavy atom. The fourth-order valence-corrected chi connectivity index (χ4v) is 2.62. The molecule has 0 aliphatic rings. The highest BCUT2D eigenvalue weighted by Crippen LogP contribution is 2.24. The lowest BCUT2D eigenvalue weighted by atomic mass is 10.1. The SMILES string of the molecule is Cn1cc(NC(=O)c2cccc(-c3ccncc3)n2)c(-c2cnccn2)n1. The highest BCUT2D eigenvalue weighted by Gasteiger charge is 2.16. The van der Waals surface area contributed by atoms with Crippen molar-refractivity contribution in [1.82, 2.24) is 29.7 Å². The van der Waals surface area contributed by atoms with Gasteiger partial charge in [0.15, 0.2) is 0 Å². The Bertz CT molecular complexity index is 1080. The summed E-state index contributed by atoms with van der Waals surface area (Å²) in [4.78, 5) is 29.5. The average Bonchev–Trinajstić information content (AvgIpc) is 3.09. The lowest BCUT2D eigenvalue weighted by Gasteiger charge is -2.06. The summed E-state index contributed by atoms with van der Waals surface area (Å²) in [6.07, 6.45) is 9.85. The van der Waals surface area contributed by atoms with E-state index in [0.29, 0.717) is 28.5 Å². The molecule has 8 heteroatoms. The molecule has 4 rings (SSSR count). The molecule has 0 aliphatic carbocycles. The molecule has 4 aromatic rings. The minimum Gasteiger partial charge on any atom is -0.317 e. The van der Waals surface area contributed by atoms with Gasteiger partial charge in [-0.15, -0.1) is 0 Å². The average molecular weight is 357 g/mol. The molecule has 1 amide bonds. The molecule has 132 valence electrons. The molecular formula is C19H15N7O. The molecule has 27 heavy (non-hydrogen) atoms. The number of hydrogen-bond donors (Lipinski definition) is 1. The Morgan fingerprint density at radius 2 is 1.85 bits per heavy atom. The summed E-state index contributed by atoms with van der Waals surface area (Å²) in [6, 6.07) is 9.00. The number of amides is 1. The van der Waals surface area contributed by atoms with Gasteiger partial charge in [-0.2, -0.15) is 5.10 Å². The van der Waals surface area contributed by atoms with E-state index >= 15 is 0 Å². The smallest absolute Gasteiger partial charge is 0.274 e. The van der Waals surface area contributed by atoms with Gasteiger partial charge in [0.2, 0.25) is 0 Å². The predicted octanol–water partition coefficient (Wildman–Crippen LogP) is 2.59. The summed E-state index contributed by atoms with van der Waals surface area (Å²) < 4.78 is 1.61. The van der Waals surface area contributed by atoms with Crippen LogP contribution in [0.2, 0.25) is 0 Å². The second-order valence-corrected chi connectivity index (χ2v) is 5.75. The summed E-state index contributed by atoms with van der Waals surface area (Å²) in [7, 11) is 1.78. The van der Waals surface area contributed by atoms with E-state index in [0.717, 1.165) is 5.56 Å². The standard InChI is InChI=1S/C19H15N7O/c1-26-12-17(18(25-26)16-11-21-9-10-22-16)24-19(27)15-4-2-3-14(23-15)13-5-7-20-8-6-13/h2-12H,1H3,(H,24,27).